The van der Waals surface area contributed by atoms with Crippen LogP contribution in [0.25, 0.3) is 0 Å². The molecule has 1 heterocycles. The zero-order valence-electron chi connectivity index (χ0n) is 21.3. The van der Waals surface area contributed by atoms with Crippen LogP contribution in [0.15, 0.2) is 58.7 Å². The van der Waals surface area contributed by atoms with Crippen LogP contribution >= 0.6 is 0 Å². The maximum Gasteiger partial charge on any atom is 0.416 e. The summed E-state index contributed by atoms with van der Waals surface area (Å²) in [6.07, 6.45) is -3.72. The third kappa shape index (κ3) is 5.26. The van der Waals surface area contributed by atoms with E-state index in [0.29, 0.717) is 40.5 Å². The summed E-state index contributed by atoms with van der Waals surface area (Å²) in [6, 6.07) is 9.59. The Hall–Kier alpha value is -3.62. The standard InChI is InChI=1S/C28H29F3N2O4/c1-15-23(26(35)33-17-8-6-7-16(11-17)28(29,30)31)24(19-12-18(36-4)9-10-22(19)37-5)25-20(32-15)13-27(2,3)14-21(25)34/h6-12,23-24H,13-14H2,1-5H3,(H,33,35)/t23?,24-/m0/s1. The van der Waals surface area contributed by atoms with Crippen molar-refractivity contribution in [2.75, 3.05) is 19.5 Å². The van der Waals surface area contributed by atoms with E-state index < -0.39 is 29.5 Å². The van der Waals surface area contributed by atoms with Gasteiger partial charge in [0.05, 0.1) is 25.7 Å². The van der Waals surface area contributed by atoms with E-state index >= 15 is 0 Å². The maximum atomic E-state index is 13.7. The highest BCUT2D eigenvalue weighted by molar-refractivity contribution is 6.13. The average Bonchev–Trinajstić information content (AvgIpc) is 2.81. The van der Waals surface area contributed by atoms with E-state index in [1.54, 1.807) is 25.1 Å². The van der Waals surface area contributed by atoms with Crippen LogP contribution in [0, 0.1) is 11.3 Å². The second-order valence-electron chi connectivity index (χ2n) is 10.2. The topological polar surface area (TPSA) is 77.0 Å². The van der Waals surface area contributed by atoms with Crippen LogP contribution in [0.1, 0.15) is 50.7 Å². The molecular weight excluding hydrogens is 485 g/mol. The van der Waals surface area contributed by atoms with Crippen LogP contribution in [0.3, 0.4) is 0 Å². The summed E-state index contributed by atoms with van der Waals surface area (Å²) in [7, 11) is 3.00. The van der Waals surface area contributed by atoms with Gasteiger partial charge in [-0.1, -0.05) is 19.9 Å². The number of rotatable bonds is 5. The number of hydrogen-bond donors (Lipinski definition) is 1. The monoisotopic (exact) mass is 514 g/mol. The molecule has 0 spiro atoms. The number of nitrogens with zero attached hydrogens (tertiary/aromatic N) is 1. The lowest BCUT2D eigenvalue weighted by Gasteiger charge is -2.39. The Morgan fingerprint density at radius 2 is 1.81 bits per heavy atom. The fourth-order valence-corrected chi connectivity index (χ4v) is 5.20. The predicted molar refractivity (Wildman–Crippen MR) is 134 cm³/mol. The molecule has 1 unspecified atom stereocenters. The summed E-state index contributed by atoms with van der Waals surface area (Å²) in [5.74, 6) is -1.43. The number of methoxy groups -OCH3 is 2. The number of nitrogens with one attached hydrogen (secondary N) is 1. The molecule has 0 saturated carbocycles. The molecule has 0 radical (unpaired) electrons. The van der Waals surface area contributed by atoms with Gasteiger partial charge in [0.2, 0.25) is 5.91 Å². The van der Waals surface area contributed by atoms with Gasteiger partial charge in [-0.25, -0.2) is 0 Å². The smallest absolute Gasteiger partial charge is 0.416 e. The number of ether oxygens (including phenoxy) is 2. The van der Waals surface area contributed by atoms with Crippen LogP contribution in [-0.2, 0) is 15.8 Å². The lowest BCUT2D eigenvalue weighted by atomic mass is 9.66. The summed E-state index contributed by atoms with van der Waals surface area (Å²) in [5, 5.41) is 2.62. The second-order valence-corrected chi connectivity index (χ2v) is 10.2. The van der Waals surface area contributed by atoms with Crippen molar-refractivity contribution in [3.63, 3.8) is 0 Å². The normalized spacial score (nSPS) is 21.2. The molecule has 196 valence electrons. The van der Waals surface area contributed by atoms with Gasteiger partial charge in [0.1, 0.15) is 11.5 Å². The van der Waals surface area contributed by atoms with Crippen LogP contribution in [-0.4, -0.2) is 31.6 Å². The van der Waals surface area contributed by atoms with Crippen molar-refractivity contribution in [3.8, 4) is 11.5 Å². The molecule has 6 nitrogen and oxygen atoms in total. The van der Waals surface area contributed by atoms with Crippen molar-refractivity contribution in [3.05, 3.63) is 64.9 Å². The number of hydrogen-bond acceptors (Lipinski definition) is 5. The van der Waals surface area contributed by atoms with E-state index in [-0.39, 0.29) is 23.3 Å². The van der Waals surface area contributed by atoms with Gasteiger partial charge in [0.15, 0.2) is 5.78 Å². The van der Waals surface area contributed by atoms with E-state index in [1.165, 1.54) is 26.4 Å². The molecule has 2 aromatic carbocycles. The van der Waals surface area contributed by atoms with Gasteiger partial charge < -0.3 is 14.8 Å². The number of amides is 1. The minimum atomic E-state index is -4.56. The molecule has 2 aromatic rings. The zero-order chi connectivity index (χ0) is 27.1. The highest BCUT2D eigenvalue weighted by atomic mass is 19.4. The molecule has 0 saturated heterocycles. The van der Waals surface area contributed by atoms with Gasteiger partial charge in [0.25, 0.3) is 0 Å². The van der Waals surface area contributed by atoms with E-state index in [1.807, 2.05) is 13.8 Å². The fourth-order valence-electron chi connectivity index (χ4n) is 5.20. The second kappa shape index (κ2) is 9.68. The number of anilines is 1. The van der Waals surface area contributed by atoms with Gasteiger partial charge in [-0.2, -0.15) is 13.2 Å². The summed E-state index contributed by atoms with van der Waals surface area (Å²) >= 11 is 0. The minimum absolute atomic E-state index is 0.000127. The summed E-state index contributed by atoms with van der Waals surface area (Å²) < 4.78 is 50.8. The van der Waals surface area contributed by atoms with Gasteiger partial charge >= 0.3 is 6.18 Å². The molecule has 9 heteroatoms. The van der Waals surface area contributed by atoms with Gasteiger partial charge in [0, 0.05) is 40.6 Å². The average molecular weight is 515 g/mol. The van der Waals surface area contributed by atoms with E-state index in [0.717, 1.165) is 12.1 Å². The van der Waals surface area contributed by atoms with Crippen LogP contribution in [0.5, 0.6) is 11.5 Å². The Labute approximate surface area is 213 Å². The molecule has 2 aliphatic rings. The van der Waals surface area contributed by atoms with Crippen molar-refractivity contribution in [1.82, 2.24) is 0 Å². The predicted octanol–water partition coefficient (Wildman–Crippen LogP) is 6.18. The Morgan fingerprint density at radius 3 is 2.46 bits per heavy atom. The molecule has 0 fully saturated rings. The Bertz CT molecular complexity index is 1310. The maximum absolute atomic E-state index is 13.7. The minimum Gasteiger partial charge on any atom is -0.497 e. The highest BCUT2D eigenvalue weighted by Crippen LogP contribution is 2.50. The van der Waals surface area contributed by atoms with E-state index in [4.69, 9.17) is 9.47 Å². The summed E-state index contributed by atoms with van der Waals surface area (Å²) in [4.78, 5) is 31.9. The number of carbonyl (C=O) groups excluding carboxylic acids is 2. The molecule has 1 amide bonds. The van der Waals surface area contributed by atoms with Crippen molar-refractivity contribution in [2.24, 2.45) is 16.3 Å². The molecule has 2 atom stereocenters. The van der Waals surface area contributed by atoms with Crippen molar-refractivity contribution >= 4 is 23.1 Å². The van der Waals surface area contributed by atoms with Crippen LogP contribution < -0.4 is 14.8 Å². The van der Waals surface area contributed by atoms with Gasteiger partial charge in [-0.3, -0.25) is 14.6 Å². The Balaban J connectivity index is 1.84. The molecule has 37 heavy (non-hydrogen) atoms. The first-order valence-electron chi connectivity index (χ1n) is 11.9. The number of benzene rings is 2. The third-order valence-electron chi connectivity index (χ3n) is 6.81. The summed E-state index contributed by atoms with van der Waals surface area (Å²) in [6.45, 7) is 5.69. The van der Waals surface area contributed by atoms with E-state index in [2.05, 4.69) is 10.3 Å². The number of halogens is 3. The Morgan fingerprint density at radius 1 is 1.08 bits per heavy atom. The van der Waals surface area contributed by atoms with E-state index in [9.17, 15) is 22.8 Å². The quantitative estimate of drug-likeness (QED) is 0.517. The molecular formula is C28H29F3N2O4. The first-order valence-corrected chi connectivity index (χ1v) is 11.9. The molecule has 0 bridgehead atoms. The number of Topliss-reactive ketones (excluding diaryl/α,β-unsaturated/α-hetero) is 1. The van der Waals surface area contributed by atoms with Crippen LogP contribution in [0.4, 0.5) is 18.9 Å². The number of alkyl halides is 3. The molecule has 0 aromatic heterocycles. The number of aliphatic imine (C=N–C) groups is 1. The first kappa shape index (κ1) is 26.4. The lowest BCUT2D eigenvalue weighted by Crippen LogP contribution is -2.41. The lowest BCUT2D eigenvalue weighted by molar-refractivity contribution is -0.137. The SMILES string of the molecule is COc1ccc(OC)c([C@@H]2C3=C(CC(C)(C)CC3=O)N=C(C)C2C(=O)Nc2cccc(C(F)(F)F)c2)c1. The Kier molecular flexibility index (Phi) is 6.92. The highest BCUT2D eigenvalue weighted by Gasteiger charge is 2.46. The largest absolute Gasteiger partial charge is 0.497 e. The number of allylic oxidation sites excluding steroid dienone is 2. The first-order chi connectivity index (χ1) is 17.3. The molecule has 1 N–H and O–H groups in total. The zero-order valence-corrected chi connectivity index (χ0v) is 21.3. The number of carbonyl (C=O) groups is 2. The molecule has 1 aliphatic carbocycles. The van der Waals surface area contributed by atoms with Gasteiger partial charge in [-0.05, 0) is 55.2 Å². The fraction of sp³-hybridized carbons (Fsp3) is 0.393. The van der Waals surface area contributed by atoms with Crippen molar-refractivity contribution in [2.45, 2.75) is 45.7 Å². The molecule has 4 rings (SSSR count). The third-order valence-corrected chi connectivity index (χ3v) is 6.81. The van der Waals surface area contributed by atoms with Crippen molar-refractivity contribution in [1.29, 1.82) is 0 Å². The summed E-state index contributed by atoms with van der Waals surface area (Å²) in [5.41, 5.74) is 0.914. The van der Waals surface area contributed by atoms with Gasteiger partial charge in [-0.15, -0.1) is 0 Å². The van der Waals surface area contributed by atoms with Crippen LogP contribution in [0.2, 0.25) is 0 Å². The van der Waals surface area contributed by atoms with Crippen molar-refractivity contribution < 1.29 is 32.2 Å². The molecule has 1 aliphatic heterocycles. The number of ketones is 1.